The fraction of sp³-hybridized carbons (Fsp3) is 0.458. The number of carbonyl (C=O) groups excluding carboxylic acids is 3. The Hall–Kier alpha value is -2.96. The highest BCUT2D eigenvalue weighted by Crippen LogP contribution is 2.37. The molecule has 194 valence electrons. The van der Waals surface area contributed by atoms with Gasteiger partial charge in [0, 0.05) is 29.6 Å². The number of benzene rings is 1. The number of ether oxygens (including phenoxy) is 1. The van der Waals surface area contributed by atoms with Gasteiger partial charge in [0.15, 0.2) is 0 Å². The van der Waals surface area contributed by atoms with Gasteiger partial charge in [-0.15, -0.1) is 11.3 Å². The molecule has 3 amide bonds. The molecule has 2 aromatic rings. The van der Waals surface area contributed by atoms with Crippen LogP contribution in [0.4, 0.5) is 9.80 Å². The van der Waals surface area contributed by atoms with E-state index in [9.17, 15) is 22.8 Å². The Bertz CT molecular complexity index is 1270. The first-order valence-electron chi connectivity index (χ1n) is 11.9. The highest BCUT2D eigenvalue weighted by Gasteiger charge is 2.32. The van der Waals surface area contributed by atoms with Crippen LogP contribution in [0.2, 0.25) is 0 Å². The summed E-state index contributed by atoms with van der Waals surface area (Å²) in [6, 6.07) is 5.70. The monoisotopic (exact) mass is 534 g/mol. The highest BCUT2D eigenvalue weighted by atomic mass is 32.2. The minimum atomic E-state index is -3.65. The molecule has 1 aromatic carbocycles. The molecule has 1 fully saturated rings. The van der Waals surface area contributed by atoms with Crippen LogP contribution in [0.15, 0.2) is 29.2 Å². The third kappa shape index (κ3) is 5.11. The fourth-order valence-electron chi connectivity index (χ4n) is 4.64. The molecule has 0 unspecified atom stereocenters. The number of nitrogens with one attached hydrogen (secondary N) is 1. The number of fused-ring (bicyclic) bond motifs is 1. The van der Waals surface area contributed by atoms with Crippen LogP contribution in [0.1, 0.15) is 64.3 Å². The first kappa shape index (κ1) is 26.1. The van der Waals surface area contributed by atoms with Gasteiger partial charge in [-0.05, 0) is 62.9 Å². The lowest BCUT2D eigenvalue weighted by Gasteiger charge is -2.32. The smallest absolute Gasteiger partial charge is 0.410 e. The van der Waals surface area contributed by atoms with E-state index in [4.69, 9.17) is 10.5 Å². The van der Waals surface area contributed by atoms with Crippen molar-refractivity contribution in [3.05, 3.63) is 45.8 Å². The zero-order valence-electron chi connectivity index (χ0n) is 20.3. The van der Waals surface area contributed by atoms with E-state index in [1.807, 2.05) is 6.92 Å². The summed E-state index contributed by atoms with van der Waals surface area (Å²) in [5, 5.41) is 3.05. The van der Waals surface area contributed by atoms with Crippen LogP contribution in [-0.4, -0.2) is 61.3 Å². The molecule has 0 aliphatic carbocycles. The normalized spacial score (nSPS) is 18.4. The van der Waals surface area contributed by atoms with E-state index >= 15 is 0 Å². The molecule has 1 atom stereocenters. The van der Waals surface area contributed by atoms with Crippen LogP contribution in [0.25, 0.3) is 0 Å². The molecule has 36 heavy (non-hydrogen) atoms. The zero-order chi connectivity index (χ0) is 26.0. The molecule has 0 spiro atoms. The summed E-state index contributed by atoms with van der Waals surface area (Å²) in [6.07, 6.45) is 2.64. The van der Waals surface area contributed by atoms with Crippen molar-refractivity contribution in [2.45, 2.75) is 57.0 Å². The minimum Gasteiger partial charge on any atom is -0.450 e. The maximum atomic E-state index is 13.1. The van der Waals surface area contributed by atoms with E-state index < -0.39 is 27.9 Å². The van der Waals surface area contributed by atoms with Crippen LogP contribution in [0.3, 0.4) is 0 Å². The van der Waals surface area contributed by atoms with Crippen molar-refractivity contribution in [1.29, 1.82) is 0 Å². The van der Waals surface area contributed by atoms with Gasteiger partial charge in [-0.2, -0.15) is 4.31 Å². The molecule has 2 aliphatic heterocycles. The summed E-state index contributed by atoms with van der Waals surface area (Å²) < 4.78 is 32.7. The lowest BCUT2D eigenvalue weighted by atomic mass is 10.0. The quantitative estimate of drug-likeness (QED) is 0.584. The lowest BCUT2D eigenvalue weighted by Crippen LogP contribution is -2.41. The number of amides is 3. The average Bonchev–Trinajstić information content (AvgIpc) is 3.21. The Balaban J connectivity index is 1.53. The van der Waals surface area contributed by atoms with E-state index in [1.165, 1.54) is 39.9 Å². The third-order valence-electron chi connectivity index (χ3n) is 6.52. The van der Waals surface area contributed by atoms with Crippen molar-refractivity contribution in [2.24, 2.45) is 5.73 Å². The minimum absolute atomic E-state index is 0.0661. The molecule has 4 rings (SSSR count). The van der Waals surface area contributed by atoms with Gasteiger partial charge >= 0.3 is 6.09 Å². The largest absolute Gasteiger partial charge is 0.450 e. The molecule has 12 heteroatoms. The van der Waals surface area contributed by atoms with Crippen LogP contribution in [-0.2, 0) is 27.7 Å². The molecular formula is C24H30N4O6S2. The van der Waals surface area contributed by atoms with Gasteiger partial charge in [-0.3, -0.25) is 9.59 Å². The average molecular weight is 535 g/mol. The van der Waals surface area contributed by atoms with Crippen LogP contribution >= 0.6 is 11.3 Å². The van der Waals surface area contributed by atoms with Gasteiger partial charge in [0.2, 0.25) is 10.0 Å². The van der Waals surface area contributed by atoms with Crippen molar-refractivity contribution >= 4 is 44.3 Å². The van der Waals surface area contributed by atoms with Gasteiger partial charge in [0.1, 0.15) is 5.00 Å². The molecule has 2 aliphatic rings. The van der Waals surface area contributed by atoms with E-state index in [1.54, 1.807) is 11.8 Å². The number of nitrogens with zero attached hydrogens (tertiary/aromatic N) is 2. The molecule has 0 bridgehead atoms. The summed E-state index contributed by atoms with van der Waals surface area (Å²) in [4.78, 5) is 39.7. The predicted octanol–water partition coefficient (Wildman–Crippen LogP) is 3.18. The fourth-order valence-corrected chi connectivity index (χ4v) is 7.60. The van der Waals surface area contributed by atoms with E-state index in [0.29, 0.717) is 24.5 Å². The Morgan fingerprint density at radius 1 is 1.17 bits per heavy atom. The number of sulfonamides is 1. The highest BCUT2D eigenvalue weighted by molar-refractivity contribution is 7.89. The number of thiophene rings is 1. The van der Waals surface area contributed by atoms with Crippen molar-refractivity contribution in [3.8, 4) is 0 Å². The van der Waals surface area contributed by atoms with E-state index in [-0.39, 0.29) is 35.2 Å². The number of carbonyl (C=O) groups is 3. The zero-order valence-corrected chi connectivity index (χ0v) is 21.9. The Labute approximate surface area is 214 Å². The van der Waals surface area contributed by atoms with Crippen LogP contribution in [0, 0.1) is 0 Å². The summed E-state index contributed by atoms with van der Waals surface area (Å²) in [6.45, 7) is 5.02. The summed E-state index contributed by atoms with van der Waals surface area (Å²) in [7, 11) is -3.65. The molecule has 3 heterocycles. The number of piperidine rings is 1. The second-order valence-corrected chi connectivity index (χ2v) is 11.9. The second-order valence-electron chi connectivity index (χ2n) is 8.88. The second kappa shape index (κ2) is 10.6. The van der Waals surface area contributed by atoms with Crippen molar-refractivity contribution < 1.29 is 27.5 Å². The molecule has 1 aromatic heterocycles. The Morgan fingerprint density at radius 3 is 2.53 bits per heavy atom. The van der Waals surface area contributed by atoms with Gasteiger partial charge < -0.3 is 20.7 Å². The molecule has 1 saturated heterocycles. The standard InChI is InChI=1S/C24H30N4O6S2/c1-3-34-24(31)27-13-11-18-19(14-27)35-23(20(18)21(25)29)26-22(30)16-7-9-17(10-8-16)36(32,33)28-12-5-4-6-15(28)2/h7-10,15H,3-6,11-14H2,1-2H3,(H2,25,29)(H,26,30)/t15-/m0/s1. The maximum Gasteiger partial charge on any atom is 0.410 e. The predicted molar refractivity (Wildman–Crippen MR) is 136 cm³/mol. The SMILES string of the molecule is CCOC(=O)N1CCc2c(sc(NC(=O)c3ccc(S(=O)(=O)N4CCCC[C@@H]4C)cc3)c2C(N)=O)C1. The molecule has 0 saturated carbocycles. The number of nitrogens with two attached hydrogens (primary N) is 1. The number of hydrogen-bond donors (Lipinski definition) is 2. The van der Waals surface area contributed by atoms with Crippen molar-refractivity contribution in [2.75, 3.05) is 25.0 Å². The van der Waals surface area contributed by atoms with Crippen LogP contribution in [0.5, 0.6) is 0 Å². The van der Waals surface area contributed by atoms with Crippen molar-refractivity contribution in [1.82, 2.24) is 9.21 Å². The van der Waals surface area contributed by atoms with E-state index in [2.05, 4.69) is 5.32 Å². The van der Waals surface area contributed by atoms with Gasteiger partial charge in [-0.1, -0.05) is 6.42 Å². The van der Waals surface area contributed by atoms with Crippen molar-refractivity contribution in [3.63, 3.8) is 0 Å². The number of hydrogen-bond acceptors (Lipinski definition) is 7. The van der Waals surface area contributed by atoms with Gasteiger partial charge in [-0.25, -0.2) is 13.2 Å². The number of anilines is 1. The molecule has 0 radical (unpaired) electrons. The van der Waals surface area contributed by atoms with Gasteiger partial charge in [0.25, 0.3) is 11.8 Å². The Kier molecular flexibility index (Phi) is 7.67. The van der Waals surface area contributed by atoms with Gasteiger partial charge in [0.05, 0.1) is 23.6 Å². The molecule has 3 N–H and O–H groups in total. The molecular weight excluding hydrogens is 504 g/mol. The maximum absolute atomic E-state index is 13.1. The topological polar surface area (TPSA) is 139 Å². The molecule has 10 nitrogen and oxygen atoms in total. The third-order valence-corrected chi connectivity index (χ3v) is 9.68. The first-order valence-corrected chi connectivity index (χ1v) is 14.2. The van der Waals surface area contributed by atoms with Crippen LogP contribution < -0.4 is 11.1 Å². The lowest BCUT2D eigenvalue weighted by molar-refractivity contribution is 0.0997. The number of primary amides is 1. The number of rotatable bonds is 6. The summed E-state index contributed by atoms with van der Waals surface area (Å²) >= 11 is 1.19. The Morgan fingerprint density at radius 2 is 1.89 bits per heavy atom. The first-order chi connectivity index (χ1) is 17.1. The van der Waals surface area contributed by atoms with E-state index in [0.717, 1.165) is 29.7 Å². The summed E-state index contributed by atoms with van der Waals surface area (Å²) in [5.41, 5.74) is 6.84. The summed E-state index contributed by atoms with van der Waals surface area (Å²) in [5.74, 6) is -1.15.